The number of nitrogens with zero attached hydrogens (tertiary/aromatic N) is 2. The predicted octanol–water partition coefficient (Wildman–Crippen LogP) is 4.41. The van der Waals surface area contributed by atoms with Gasteiger partial charge in [0.2, 0.25) is 0 Å². The Morgan fingerprint density at radius 2 is 1.76 bits per heavy atom. The minimum atomic E-state index is -0.204. The van der Waals surface area contributed by atoms with Gasteiger partial charge >= 0.3 is 0 Å². The van der Waals surface area contributed by atoms with E-state index in [0.29, 0.717) is 16.1 Å². The summed E-state index contributed by atoms with van der Waals surface area (Å²) in [5.41, 5.74) is 1.72. The highest BCUT2D eigenvalue weighted by Crippen LogP contribution is 2.27. The van der Waals surface area contributed by atoms with Gasteiger partial charge in [-0.3, -0.25) is 4.79 Å². The number of hydrogen-bond donors (Lipinski definition) is 0. The monoisotopic (exact) mass is 316 g/mol. The van der Waals surface area contributed by atoms with Gasteiger partial charge in [0.15, 0.2) is 5.78 Å². The van der Waals surface area contributed by atoms with E-state index in [9.17, 15) is 4.79 Å². The largest absolute Gasteiger partial charge is 0.288 e. The predicted molar refractivity (Wildman–Crippen MR) is 83.5 cm³/mol. The maximum atomic E-state index is 12.5. The second-order valence-electron chi connectivity index (χ2n) is 4.44. The second kappa shape index (κ2) is 5.72. The van der Waals surface area contributed by atoms with E-state index in [0.717, 1.165) is 5.69 Å². The molecule has 0 amide bonds. The molecule has 0 bridgehead atoms. The summed E-state index contributed by atoms with van der Waals surface area (Å²) < 4.78 is 1.64. The first-order valence-electron chi connectivity index (χ1n) is 6.25. The first-order chi connectivity index (χ1) is 10.2. The Morgan fingerprint density at radius 1 is 1.00 bits per heavy atom. The zero-order valence-corrected chi connectivity index (χ0v) is 12.3. The highest BCUT2D eigenvalue weighted by atomic mass is 35.5. The van der Waals surface area contributed by atoms with Crippen LogP contribution in [0.3, 0.4) is 0 Å². The molecular weight excluding hydrogens is 307 g/mol. The highest BCUT2D eigenvalue weighted by Gasteiger charge is 2.16. The summed E-state index contributed by atoms with van der Waals surface area (Å²) in [4.78, 5) is 12.5. The van der Waals surface area contributed by atoms with Crippen LogP contribution in [-0.2, 0) is 0 Å². The second-order valence-corrected chi connectivity index (χ2v) is 5.22. The number of benzene rings is 2. The molecule has 0 aliphatic carbocycles. The van der Waals surface area contributed by atoms with Gasteiger partial charge in [-0.1, -0.05) is 47.5 Å². The average Bonchev–Trinajstić information content (AvgIpc) is 3.00. The number of carbonyl (C=O) groups is 1. The van der Waals surface area contributed by atoms with Crippen LogP contribution in [0.5, 0.6) is 0 Å². The molecule has 104 valence electrons. The Morgan fingerprint density at radius 3 is 2.52 bits per heavy atom. The standard InChI is InChI=1S/C16H10Cl2N2O/c17-14-8-4-7-13(15(14)18)16(21)11-9-19-20(10-11)12-5-2-1-3-6-12/h1-10H. The Hall–Kier alpha value is -2.10. The van der Waals surface area contributed by atoms with E-state index in [1.807, 2.05) is 30.3 Å². The molecule has 1 heterocycles. The van der Waals surface area contributed by atoms with Crippen molar-refractivity contribution in [2.75, 3.05) is 0 Å². The molecule has 3 aromatic rings. The summed E-state index contributed by atoms with van der Waals surface area (Å²) in [5, 5.41) is 4.82. The summed E-state index contributed by atoms with van der Waals surface area (Å²) in [7, 11) is 0. The number of halogens is 2. The van der Waals surface area contributed by atoms with Crippen molar-refractivity contribution < 1.29 is 4.79 Å². The maximum absolute atomic E-state index is 12.5. The molecule has 0 N–H and O–H groups in total. The van der Waals surface area contributed by atoms with E-state index >= 15 is 0 Å². The smallest absolute Gasteiger partial charge is 0.197 e. The number of aromatic nitrogens is 2. The van der Waals surface area contributed by atoms with Crippen molar-refractivity contribution in [3.8, 4) is 5.69 Å². The number of carbonyl (C=O) groups excluding carboxylic acids is 1. The molecule has 0 fully saturated rings. The molecule has 0 unspecified atom stereocenters. The van der Waals surface area contributed by atoms with E-state index in [1.165, 1.54) is 6.20 Å². The first kappa shape index (κ1) is 13.9. The molecule has 1 aromatic heterocycles. The number of rotatable bonds is 3. The normalized spacial score (nSPS) is 10.6. The summed E-state index contributed by atoms with van der Waals surface area (Å²) in [5.74, 6) is -0.204. The highest BCUT2D eigenvalue weighted by molar-refractivity contribution is 6.44. The maximum Gasteiger partial charge on any atom is 0.197 e. The van der Waals surface area contributed by atoms with E-state index in [2.05, 4.69) is 5.10 Å². The van der Waals surface area contributed by atoms with E-state index in [4.69, 9.17) is 23.2 Å². The first-order valence-corrected chi connectivity index (χ1v) is 7.01. The summed E-state index contributed by atoms with van der Waals surface area (Å²) >= 11 is 12.0. The van der Waals surface area contributed by atoms with Gasteiger partial charge in [0.05, 0.1) is 27.5 Å². The fourth-order valence-electron chi connectivity index (χ4n) is 2.00. The van der Waals surface area contributed by atoms with E-state index in [1.54, 1.807) is 29.1 Å². The minimum absolute atomic E-state index is 0.204. The number of ketones is 1. The SMILES string of the molecule is O=C(c1cnn(-c2ccccc2)c1)c1cccc(Cl)c1Cl. The zero-order valence-electron chi connectivity index (χ0n) is 10.8. The van der Waals surface area contributed by atoms with Gasteiger partial charge in [0.1, 0.15) is 0 Å². The van der Waals surface area contributed by atoms with E-state index in [-0.39, 0.29) is 10.8 Å². The number of para-hydroxylation sites is 1. The van der Waals surface area contributed by atoms with Gasteiger partial charge in [-0.25, -0.2) is 4.68 Å². The lowest BCUT2D eigenvalue weighted by Gasteiger charge is -2.03. The summed E-state index contributed by atoms with van der Waals surface area (Å²) in [6, 6.07) is 14.6. The van der Waals surface area contributed by atoms with Crippen molar-refractivity contribution in [1.82, 2.24) is 9.78 Å². The fourth-order valence-corrected chi connectivity index (χ4v) is 2.38. The van der Waals surface area contributed by atoms with Crippen LogP contribution in [0.2, 0.25) is 10.0 Å². The third-order valence-corrected chi connectivity index (χ3v) is 3.88. The van der Waals surface area contributed by atoms with Gasteiger partial charge in [0, 0.05) is 11.8 Å². The van der Waals surface area contributed by atoms with Crippen molar-refractivity contribution in [3.63, 3.8) is 0 Å². The van der Waals surface area contributed by atoms with Crippen LogP contribution in [0.4, 0.5) is 0 Å². The van der Waals surface area contributed by atoms with Crippen molar-refractivity contribution in [3.05, 3.63) is 82.1 Å². The van der Waals surface area contributed by atoms with Crippen molar-refractivity contribution in [1.29, 1.82) is 0 Å². The lowest BCUT2D eigenvalue weighted by atomic mass is 10.1. The molecule has 21 heavy (non-hydrogen) atoms. The Balaban J connectivity index is 1.97. The molecule has 0 saturated heterocycles. The Bertz CT molecular complexity index is 797. The quantitative estimate of drug-likeness (QED) is 0.671. The van der Waals surface area contributed by atoms with Crippen LogP contribution in [0.1, 0.15) is 15.9 Å². The van der Waals surface area contributed by atoms with Crippen LogP contribution in [-0.4, -0.2) is 15.6 Å². The van der Waals surface area contributed by atoms with E-state index < -0.39 is 0 Å². The molecule has 3 rings (SSSR count). The zero-order chi connectivity index (χ0) is 14.8. The molecule has 5 heteroatoms. The Kier molecular flexibility index (Phi) is 3.78. The third kappa shape index (κ3) is 2.71. The molecule has 0 aliphatic heterocycles. The minimum Gasteiger partial charge on any atom is -0.288 e. The third-order valence-electron chi connectivity index (χ3n) is 3.06. The molecule has 2 aromatic carbocycles. The van der Waals surface area contributed by atoms with Gasteiger partial charge in [-0.2, -0.15) is 5.10 Å². The summed E-state index contributed by atoms with van der Waals surface area (Å²) in [6.07, 6.45) is 3.20. The topological polar surface area (TPSA) is 34.9 Å². The van der Waals surface area contributed by atoms with Gasteiger partial charge in [-0.15, -0.1) is 0 Å². The van der Waals surface area contributed by atoms with Crippen molar-refractivity contribution >= 4 is 29.0 Å². The Labute approximate surface area is 131 Å². The molecule has 0 spiro atoms. The molecule has 0 radical (unpaired) electrons. The van der Waals surface area contributed by atoms with Gasteiger partial charge in [-0.05, 0) is 24.3 Å². The van der Waals surface area contributed by atoms with Crippen LogP contribution in [0, 0.1) is 0 Å². The van der Waals surface area contributed by atoms with Crippen molar-refractivity contribution in [2.45, 2.75) is 0 Å². The van der Waals surface area contributed by atoms with Gasteiger partial charge in [0.25, 0.3) is 0 Å². The lowest BCUT2D eigenvalue weighted by Crippen LogP contribution is -2.01. The number of hydrogen-bond acceptors (Lipinski definition) is 2. The fraction of sp³-hybridized carbons (Fsp3) is 0. The van der Waals surface area contributed by atoms with Gasteiger partial charge < -0.3 is 0 Å². The summed E-state index contributed by atoms with van der Waals surface area (Å²) in [6.45, 7) is 0. The van der Waals surface area contributed by atoms with Crippen molar-refractivity contribution in [2.24, 2.45) is 0 Å². The molecule has 0 aliphatic rings. The van der Waals surface area contributed by atoms with Crippen LogP contribution in [0.25, 0.3) is 5.69 Å². The molecule has 0 saturated carbocycles. The van der Waals surface area contributed by atoms with Crippen LogP contribution in [0.15, 0.2) is 60.9 Å². The van der Waals surface area contributed by atoms with Crippen LogP contribution < -0.4 is 0 Å². The lowest BCUT2D eigenvalue weighted by molar-refractivity contribution is 0.103. The average molecular weight is 317 g/mol. The van der Waals surface area contributed by atoms with Crippen LogP contribution >= 0.6 is 23.2 Å². The molecule has 0 atom stereocenters. The molecular formula is C16H10Cl2N2O. The molecule has 3 nitrogen and oxygen atoms in total.